The SMILES string of the molecule is CCOc1cccc(C(C2CCCCC2O)N(C)C)c1. The summed E-state index contributed by atoms with van der Waals surface area (Å²) in [6.07, 6.45) is 4.21. The van der Waals surface area contributed by atoms with E-state index >= 15 is 0 Å². The molecule has 20 heavy (non-hydrogen) atoms. The van der Waals surface area contributed by atoms with Gasteiger partial charge >= 0.3 is 0 Å². The lowest BCUT2D eigenvalue weighted by Gasteiger charge is -2.38. The summed E-state index contributed by atoms with van der Waals surface area (Å²) in [5.41, 5.74) is 1.24. The van der Waals surface area contributed by atoms with Crippen molar-refractivity contribution in [1.82, 2.24) is 4.90 Å². The van der Waals surface area contributed by atoms with Crippen LogP contribution in [0, 0.1) is 5.92 Å². The molecule has 1 fully saturated rings. The van der Waals surface area contributed by atoms with E-state index in [1.807, 2.05) is 19.1 Å². The summed E-state index contributed by atoms with van der Waals surface area (Å²) in [4.78, 5) is 2.23. The quantitative estimate of drug-likeness (QED) is 0.897. The first kappa shape index (κ1) is 15.3. The standard InChI is InChI=1S/C17H27NO2/c1-4-20-14-9-7-8-13(12-14)17(18(2)3)15-10-5-6-11-16(15)19/h7-9,12,15-17,19H,4-6,10-11H2,1-3H3. The van der Waals surface area contributed by atoms with Gasteiger partial charge in [-0.1, -0.05) is 25.0 Å². The first-order valence-corrected chi connectivity index (χ1v) is 7.70. The highest BCUT2D eigenvalue weighted by Gasteiger charge is 2.33. The van der Waals surface area contributed by atoms with Crippen molar-refractivity contribution in [2.24, 2.45) is 5.92 Å². The van der Waals surface area contributed by atoms with Crippen LogP contribution < -0.4 is 4.74 Å². The van der Waals surface area contributed by atoms with Crippen molar-refractivity contribution in [3.8, 4) is 5.75 Å². The largest absolute Gasteiger partial charge is 0.494 e. The topological polar surface area (TPSA) is 32.7 Å². The molecule has 2 rings (SSSR count). The van der Waals surface area contributed by atoms with Gasteiger partial charge in [-0.3, -0.25) is 0 Å². The highest BCUT2D eigenvalue weighted by atomic mass is 16.5. The van der Waals surface area contributed by atoms with Crippen LogP contribution in [-0.4, -0.2) is 36.8 Å². The summed E-state index contributed by atoms with van der Waals surface area (Å²) >= 11 is 0. The zero-order chi connectivity index (χ0) is 14.5. The van der Waals surface area contributed by atoms with E-state index in [2.05, 4.69) is 31.1 Å². The molecule has 0 saturated heterocycles. The van der Waals surface area contributed by atoms with E-state index in [0.29, 0.717) is 12.5 Å². The Bertz CT molecular complexity index is 419. The Morgan fingerprint density at radius 3 is 2.70 bits per heavy atom. The Kier molecular flexibility index (Phi) is 5.44. The molecule has 1 aliphatic rings. The summed E-state index contributed by atoms with van der Waals surface area (Å²) in [6.45, 7) is 2.68. The number of hydrogen-bond donors (Lipinski definition) is 1. The molecule has 0 amide bonds. The molecular formula is C17H27NO2. The molecule has 1 aliphatic carbocycles. The van der Waals surface area contributed by atoms with E-state index in [4.69, 9.17) is 4.74 Å². The minimum absolute atomic E-state index is 0.188. The van der Waals surface area contributed by atoms with Crippen molar-refractivity contribution in [2.45, 2.75) is 44.8 Å². The van der Waals surface area contributed by atoms with E-state index in [0.717, 1.165) is 25.0 Å². The van der Waals surface area contributed by atoms with E-state index in [-0.39, 0.29) is 12.1 Å². The van der Waals surface area contributed by atoms with Crippen molar-refractivity contribution < 1.29 is 9.84 Å². The highest BCUT2D eigenvalue weighted by molar-refractivity contribution is 5.31. The van der Waals surface area contributed by atoms with Crippen LogP contribution in [0.3, 0.4) is 0 Å². The van der Waals surface area contributed by atoms with Gasteiger partial charge in [-0.05, 0) is 51.6 Å². The molecule has 3 atom stereocenters. The first-order chi connectivity index (χ1) is 9.63. The highest BCUT2D eigenvalue weighted by Crippen LogP contribution is 2.38. The second kappa shape index (κ2) is 7.09. The molecule has 3 nitrogen and oxygen atoms in total. The minimum atomic E-state index is -0.188. The lowest BCUT2D eigenvalue weighted by molar-refractivity contribution is 0.0220. The van der Waals surface area contributed by atoms with Gasteiger partial charge in [-0.15, -0.1) is 0 Å². The zero-order valence-electron chi connectivity index (χ0n) is 12.9. The molecule has 1 aromatic carbocycles. The second-order valence-electron chi connectivity index (χ2n) is 5.93. The maximum Gasteiger partial charge on any atom is 0.119 e. The maximum atomic E-state index is 10.4. The molecule has 0 aromatic heterocycles. The third kappa shape index (κ3) is 3.53. The zero-order valence-corrected chi connectivity index (χ0v) is 12.9. The van der Waals surface area contributed by atoms with Crippen LogP contribution in [0.5, 0.6) is 5.75 Å². The fourth-order valence-corrected chi connectivity index (χ4v) is 3.39. The molecule has 0 radical (unpaired) electrons. The van der Waals surface area contributed by atoms with Crippen LogP contribution in [0.15, 0.2) is 24.3 Å². The van der Waals surface area contributed by atoms with Gasteiger partial charge in [0.1, 0.15) is 5.75 Å². The fraction of sp³-hybridized carbons (Fsp3) is 0.647. The summed E-state index contributed by atoms with van der Waals surface area (Å²) in [5.74, 6) is 1.23. The number of hydrogen-bond acceptors (Lipinski definition) is 3. The lowest BCUT2D eigenvalue weighted by atomic mass is 9.78. The predicted octanol–water partition coefficient (Wildman–Crippen LogP) is 3.24. The summed E-state index contributed by atoms with van der Waals surface area (Å²) < 4.78 is 5.61. The normalized spacial score (nSPS) is 24.6. The summed E-state index contributed by atoms with van der Waals surface area (Å²) in [7, 11) is 4.19. The van der Waals surface area contributed by atoms with Crippen molar-refractivity contribution in [3.63, 3.8) is 0 Å². The van der Waals surface area contributed by atoms with E-state index in [1.54, 1.807) is 0 Å². The minimum Gasteiger partial charge on any atom is -0.494 e. The predicted molar refractivity (Wildman–Crippen MR) is 82.0 cm³/mol. The van der Waals surface area contributed by atoms with E-state index in [9.17, 15) is 5.11 Å². The maximum absolute atomic E-state index is 10.4. The third-order valence-electron chi connectivity index (χ3n) is 4.25. The van der Waals surface area contributed by atoms with Gasteiger partial charge in [0.15, 0.2) is 0 Å². The van der Waals surface area contributed by atoms with Gasteiger partial charge in [0.2, 0.25) is 0 Å². The molecule has 0 bridgehead atoms. The molecule has 1 N–H and O–H groups in total. The van der Waals surface area contributed by atoms with Gasteiger partial charge < -0.3 is 14.7 Å². The van der Waals surface area contributed by atoms with E-state index in [1.165, 1.54) is 12.0 Å². The van der Waals surface area contributed by atoms with Crippen LogP contribution in [0.4, 0.5) is 0 Å². The van der Waals surface area contributed by atoms with Crippen LogP contribution in [0.2, 0.25) is 0 Å². The van der Waals surface area contributed by atoms with Crippen LogP contribution in [0.1, 0.15) is 44.2 Å². The molecule has 112 valence electrons. The van der Waals surface area contributed by atoms with Crippen LogP contribution in [0.25, 0.3) is 0 Å². The monoisotopic (exact) mass is 277 g/mol. The Morgan fingerprint density at radius 2 is 2.05 bits per heavy atom. The molecule has 0 spiro atoms. The smallest absolute Gasteiger partial charge is 0.119 e. The van der Waals surface area contributed by atoms with Crippen LogP contribution >= 0.6 is 0 Å². The lowest BCUT2D eigenvalue weighted by Crippen LogP contribution is -2.36. The number of nitrogens with zero attached hydrogens (tertiary/aromatic N) is 1. The Hall–Kier alpha value is -1.06. The Balaban J connectivity index is 2.25. The summed E-state index contributed by atoms with van der Waals surface area (Å²) in [5, 5.41) is 10.4. The van der Waals surface area contributed by atoms with Crippen LogP contribution in [-0.2, 0) is 0 Å². The molecule has 0 heterocycles. The number of benzene rings is 1. The van der Waals surface area contributed by atoms with Crippen molar-refractivity contribution in [2.75, 3.05) is 20.7 Å². The molecular weight excluding hydrogens is 250 g/mol. The van der Waals surface area contributed by atoms with Crippen molar-refractivity contribution in [1.29, 1.82) is 0 Å². The fourth-order valence-electron chi connectivity index (χ4n) is 3.39. The third-order valence-corrected chi connectivity index (χ3v) is 4.25. The number of ether oxygens (including phenoxy) is 1. The molecule has 1 saturated carbocycles. The number of aliphatic hydroxyl groups excluding tert-OH is 1. The van der Waals surface area contributed by atoms with Gasteiger partial charge in [0.25, 0.3) is 0 Å². The van der Waals surface area contributed by atoms with E-state index < -0.39 is 0 Å². The van der Waals surface area contributed by atoms with Gasteiger partial charge in [0, 0.05) is 12.0 Å². The van der Waals surface area contributed by atoms with Crippen molar-refractivity contribution >= 4 is 0 Å². The Morgan fingerprint density at radius 1 is 1.30 bits per heavy atom. The average molecular weight is 277 g/mol. The summed E-state index contributed by atoms with van der Waals surface area (Å²) in [6, 6.07) is 8.57. The van der Waals surface area contributed by atoms with Gasteiger partial charge in [-0.2, -0.15) is 0 Å². The van der Waals surface area contributed by atoms with Gasteiger partial charge in [0.05, 0.1) is 12.7 Å². The molecule has 0 aliphatic heterocycles. The molecule has 1 aromatic rings. The molecule has 3 unspecified atom stereocenters. The van der Waals surface area contributed by atoms with Crippen molar-refractivity contribution in [3.05, 3.63) is 29.8 Å². The molecule has 3 heteroatoms. The second-order valence-corrected chi connectivity index (χ2v) is 5.93. The van der Waals surface area contributed by atoms with Gasteiger partial charge in [-0.25, -0.2) is 0 Å². The first-order valence-electron chi connectivity index (χ1n) is 7.70. The number of rotatable bonds is 5. The number of aliphatic hydroxyl groups is 1. The average Bonchev–Trinajstić information content (AvgIpc) is 2.42. The Labute approximate surface area is 122 Å².